The fraction of sp³-hybridized carbons (Fsp3) is 0.722. The van der Waals surface area contributed by atoms with Gasteiger partial charge in [0.25, 0.3) is 5.91 Å². The summed E-state index contributed by atoms with van der Waals surface area (Å²) in [6, 6.07) is 1.55. The highest BCUT2D eigenvalue weighted by Gasteiger charge is 2.35. The van der Waals surface area contributed by atoms with Crippen LogP contribution in [0.4, 0.5) is 0 Å². The summed E-state index contributed by atoms with van der Waals surface area (Å²) in [6.45, 7) is 3.93. The van der Waals surface area contributed by atoms with Gasteiger partial charge in [0, 0.05) is 25.7 Å². The van der Waals surface area contributed by atoms with Crippen LogP contribution < -0.4 is 5.32 Å². The second-order valence-corrected chi connectivity index (χ2v) is 7.40. The molecule has 0 aromatic carbocycles. The molecule has 27 heavy (non-hydrogen) atoms. The summed E-state index contributed by atoms with van der Waals surface area (Å²) in [6.07, 6.45) is 5.59. The minimum absolute atomic E-state index is 0.000752. The van der Waals surface area contributed by atoms with Crippen molar-refractivity contribution in [2.24, 2.45) is 0 Å². The topological polar surface area (TPSA) is 111 Å². The van der Waals surface area contributed by atoms with Gasteiger partial charge < -0.3 is 25.0 Å². The molecular weight excluding hydrogens is 350 g/mol. The lowest BCUT2D eigenvalue weighted by Crippen LogP contribution is -2.53. The van der Waals surface area contributed by atoms with Crippen molar-refractivity contribution in [2.75, 3.05) is 52.5 Å². The molecule has 9 heteroatoms. The van der Waals surface area contributed by atoms with E-state index in [-0.39, 0.29) is 31.5 Å². The van der Waals surface area contributed by atoms with Crippen LogP contribution in [-0.4, -0.2) is 95.0 Å². The van der Waals surface area contributed by atoms with E-state index in [9.17, 15) is 14.7 Å². The molecule has 150 valence electrons. The zero-order valence-electron chi connectivity index (χ0n) is 15.7. The third-order valence-corrected chi connectivity index (χ3v) is 5.13. The first-order valence-corrected chi connectivity index (χ1v) is 9.64. The van der Waals surface area contributed by atoms with E-state index in [4.69, 9.17) is 4.74 Å². The number of rotatable bonds is 6. The van der Waals surface area contributed by atoms with Gasteiger partial charge in [0.05, 0.1) is 26.3 Å². The van der Waals surface area contributed by atoms with Gasteiger partial charge in [0.2, 0.25) is 5.91 Å². The number of piperidine rings is 1. The second kappa shape index (κ2) is 9.29. The average molecular weight is 379 g/mol. The largest absolute Gasteiger partial charge is 0.384 e. The van der Waals surface area contributed by atoms with Crippen LogP contribution in [0.2, 0.25) is 0 Å². The van der Waals surface area contributed by atoms with Crippen LogP contribution in [0.1, 0.15) is 36.2 Å². The molecule has 1 aromatic rings. The van der Waals surface area contributed by atoms with Gasteiger partial charge in [-0.25, -0.2) is 0 Å². The van der Waals surface area contributed by atoms with E-state index in [2.05, 4.69) is 20.4 Å². The first kappa shape index (κ1) is 19.8. The van der Waals surface area contributed by atoms with Gasteiger partial charge in [0.1, 0.15) is 11.3 Å². The molecule has 1 atom stereocenters. The van der Waals surface area contributed by atoms with Crippen LogP contribution in [0.3, 0.4) is 0 Å². The first-order valence-electron chi connectivity index (χ1n) is 9.64. The van der Waals surface area contributed by atoms with E-state index in [1.54, 1.807) is 11.0 Å². The molecule has 0 bridgehead atoms. The fourth-order valence-corrected chi connectivity index (χ4v) is 3.55. The van der Waals surface area contributed by atoms with Crippen molar-refractivity contribution in [1.29, 1.82) is 0 Å². The summed E-state index contributed by atoms with van der Waals surface area (Å²) in [5, 5.41) is 19.9. The number of hydrogen-bond donors (Lipinski definition) is 3. The van der Waals surface area contributed by atoms with Gasteiger partial charge in [-0.3, -0.25) is 14.7 Å². The number of nitrogens with zero attached hydrogens (tertiary/aromatic N) is 3. The lowest BCUT2D eigenvalue weighted by molar-refractivity contribution is -0.134. The molecule has 0 saturated carbocycles. The van der Waals surface area contributed by atoms with Crippen LogP contribution in [0.5, 0.6) is 0 Å². The molecule has 0 radical (unpaired) electrons. The predicted octanol–water partition coefficient (Wildman–Crippen LogP) is -0.395. The van der Waals surface area contributed by atoms with Crippen LogP contribution in [0.25, 0.3) is 0 Å². The van der Waals surface area contributed by atoms with E-state index in [0.717, 1.165) is 19.6 Å². The molecule has 3 heterocycles. The maximum atomic E-state index is 12.6. The number of carbonyl (C=O) groups is 2. The Kier molecular flexibility index (Phi) is 6.81. The maximum absolute atomic E-state index is 12.6. The van der Waals surface area contributed by atoms with Gasteiger partial charge >= 0.3 is 0 Å². The van der Waals surface area contributed by atoms with E-state index >= 15 is 0 Å². The predicted molar refractivity (Wildman–Crippen MR) is 98.2 cm³/mol. The van der Waals surface area contributed by atoms with Crippen LogP contribution in [-0.2, 0) is 9.53 Å². The standard InChI is InChI=1S/C18H29N5O4/c24-16(5-9-22-7-2-1-3-8-22)23-10-11-27-14-18(26,13-23)12-19-17(25)15-4-6-20-21-15/h4,6,26H,1-3,5,7-14H2,(H,19,25)(H,20,21)/t18-/m1/s1. The number of likely N-dealkylation sites (tertiary alicyclic amines) is 1. The molecule has 0 aliphatic carbocycles. The first-order chi connectivity index (χ1) is 13.1. The molecule has 3 rings (SSSR count). The molecule has 9 nitrogen and oxygen atoms in total. The molecule has 0 spiro atoms. The summed E-state index contributed by atoms with van der Waals surface area (Å²) in [7, 11) is 0. The zero-order chi connectivity index (χ0) is 19.1. The summed E-state index contributed by atoms with van der Waals surface area (Å²) in [4.78, 5) is 28.7. The normalized spacial score (nSPS) is 24.4. The highest BCUT2D eigenvalue weighted by molar-refractivity contribution is 5.92. The molecule has 0 unspecified atom stereocenters. The van der Waals surface area contributed by atoms with Crippen LogP contribution >= 0.6 is 0 Å². The smallest absolute Gasteiger partial charge is 0.269 e. The highest BCUT2D eigenvalue weighted by atomic mass is 16.5. The maximum Gasteiger partial charge on any atom is 0.269 e. The Labute approximate surface area is 159 Å². The summed E-state index contributed by atoms with van der Waals surface area (Å²) in [5.74, 6) is -0.336. The fourth-order valence-electron chi connectivity index (χ4n) is 3.55. The van der Waals surface area contributed by atoms with Gasteiger partial charge in [-0.05, 0) is 32.0 Å². The van der Waals surface area contributed by atoms with Crippen molar-refractivity contribution in [3.05, 3.63) is 18.0 Å². The van der Waals surface area contributed by atoms with Crippen molar-refractivity contribution in [3.8, 4) is 0 Å². The number of aliphatic hydroxyl groups is 1. The highest BCUT2D eigenvalue weighted by Crippen LogP contribution is 2.14. The lowest BCUT2D eigenvalue weighted by atomic mass is 10.0. The Balaban J connectivity index is 1.50. The quantitative estimate of drug-likeness (QED) is 0.621. The van der Waals surface area contributed by atoms with Gasteiger partial charge in [0.15, 0.2) is 0 Å². The number of nitrogens with one attached hydrogen (secondary N) is 2. The third kappa shape index (κ3) is 5.75. The summed E-state index contributed by atoms with van der Waals surface area (Å²) in [5.41, 5.74) is -0.991. The second-order valence-electron chi connectivity index (χ2n) is 7.40. The Hall–Kier alpha value is -1.97. The van der Waals surface area contributed by atoms with Crippen LogP contribution in [0.15, 0.2) is 12.3 Å². The number of aromatic nitrogens is 2. The lowest BCUT2D eigenvalue weighted by Gasteiger charge is -2.32. The van der Waals surface area contributed by atoms with E-state index in [1.165, 1.54) is 25.5 Å². The Morgan fingerprint density at radius 3 is 2.85 bits per heavy atom. The van der Waals surface area contributed by atoms with Gasteiger partial charge in [-0.1, -0.05) is 6.42 Å². The van der Waals surface area contributed by atoms with Crippen molar-refractivity contribution in [2.45, 2.75) is 31.3 Å². The molecule has 2 aliphatic rings. The number of aromatic amines is 1. The monoisotopic (exact) mass is 379 g/mol. The van der Waals surface area contributed by atoms with E-state index < -0.39 is 5.60 Å². The van der Waals surface area contributed by atoms with Gasteiger partial charge in [-0.15, -0.1) is 0 Å². The van der Waals surface area contributed by atoms with Crippen molar-refractivity contribution >= 4 is 11.8 Å². The average Bonchev–Trinajstić information content (AvgIpc) is 3.15. The molecule has 1 aromatic heterocycles. The summed E-state index contributed by atoms with van der Waals surface area (Å²) < 4.78 is 5.48. The van der Waals surface area contributed by atoms with Crippen molar-refractivity contribution in [3.63, 3.8) is 0 Å². The minimum Gasteiger partial charge on any atom is -0.384 e. The number of H-pyrrole nitrogens is 1. The SMILES string of the molecule is O=C(NC[C@]1(O)COCCN(C(=O)CCN2CCCCC2)C1)c1ccn[nH]1. The van der Waals surface area contributed by atoms with E-state index in [1.807, 2.05) is 0 Å². The molecular formula is C18H29N5O4. The molecule has 2 amide bonds. The van der Waals surface area contributed by atoms with Crippen molar-refractivity contribution < 1.29 is 19.4 Å². The van der Waals surface area contributed by atoms with E-state index in [0.29, 0.717) is 25.3 Å². The Morgan fingerprint density at radius 2 is 2.11 bits per heavy atom. The molecule has 3 N–H and O–H groups in total. The molecule has 2 fully saturated rings. The third-order valence-electron chi connectivity index (χ3n) is 5.13. The van der Waals surface area contributed by atoms with Crippen LogP contribution in [0, 0.1) is 0 Å². The molecule has 2 saturated heterocycles. The number of carbonyl (C=O) groups excluding carboxylic acids is 2. The number of hydrogen-bond acceptors (Lipinski definition) is 6. The Morgan fingerprint density at radius 1 is 1.30 bits per heavy atom. The number of ether oxygens (including phenoxy) is 1. The minimum atomic E-state index is -1.31. The zero-order valence-corrected chi connectivity index (χ0v) is 15.7. The Bertz CT molecular complexity index is 617. The van der Waals surface area contributed by atoms with Crippen molar-refractivity contribution in [1.82, 2.24) is 25.3 Å². The number of amides is 2. The number of β-amino-alcohol motifs (C(OH)–C–C–N with tert-alkyl or cyclic N) is 1. The summed E-state index contributed by atoms with van der Waals surface area (Å²) >= 11 is 0. The molecule has 2 aliphatic heterocycles. The van der Waals surface area contributed by atoms with Gasteiger partial charge in [-0.2, -0.15) is 5.10 Å².